The molecular weight excluding hydrogens is 240 g/mol. The molecule has 0 aromatic rings. The van der Waals surface area contributed by atoms with Gasteiger partial charge in [-0.25, -0.2) is 0 Å². The van der Waals surface area contributed by atoms with Gasteiger partial charge in [0.1, 0.15) is 0 Å². The molecule has 1 aliphatic carbocycles. The van der Waals surface area contributed by atoms with Crippen molar-refractivity contribution < 1.29 is 9.53 Å². The number of carbonyl (C=O) groups excluding carboxylic acids is 1. The van der Waals surface area contributed by atoms with Gasteiger partial charge in [-0.3, -0.25) is 4.79 Å². The minimum Gasteiger partial charge on any atom is -0.377 e. The second-order valence-corrected chi connectivity index (χ2v) is 5.91. The normalized spacial score (nSPS) is 35.3. The van der Waals surface area contributed by atoms with E-state index >= 15 is 0 Å². The average Bonchev–Trinajstić information content (AvgIpc) is 2.90. The third-order valence-corrected chi connectivity index (χ3v) is 4.74. The Kier molecular flexibility index (Phi) is 5.22. The van der Waals surface area contributed by atoms with E-state index in [9.17, 15) is 4.79 Å². The highest BCUT2D eigenvalue weighted by Crippen LogP contribution is 2.29. The first-order chi connectivity index (χ1) is 9.17. The number of carbonyl (C=O) groups is 1. The molecule has 4 heteroatoms. The summed E-state index contributed by atoms with van der Waals surface area (Å²) < 4.78 is 5.67. The lowest BCUT2D eigenvalue weighted by Crippen LogP contribution is -2.47. The fourth-order valence-electron chi connectivity index (χ4n) is 3.55. The first-order valence-electron chi connectivity index (χ1n) is 7.85. The van der Waals surface area contributed by atoms with E-state index in [0.717, 1.165) is 51.7 Å². The number of nitrogens with zero attached hydrogens (tertiary/aromatic N) is 1. The highest BCUT2D eigenvalue weighted by molar-refractivity contribution is 5.80. The maximum Gasteiger partial charge on any atom is 0.228 e. The zero-order valence-electron chi connectivity index (χ0n) is 12.3. The second kappa shape index (κ2) is 6.71. The van der Waals surface area contributed by atoms with Crippen LogP contribution in [0.3, 0.4) is 0 Å². The molecular formula is C15H28N2O2. The van der Waals surface area contributed by atoms with Gasteiger partial charge in [0.05, 0.1) is 12.0 Å². The minimum absolute atomic E-state index is 0.0838. The fourth-order valence-corrected chi connectivity index (χ4v) is 3.55. The smallest absolute Gasteiger partial charge is 0.228 e. The zero-order chi connectivity index (χ0) is 13.8. The molecule has 2 rings (SSSR count). The van der Waals surface area contributed by atoms with Crippen molar-refractivity contribution in [2.45, 2.75) is 70.6 Å². The topological polar surface area (TPSA) is 55.6 Å². The van der Waals surface area contributed by atoms with E-state index in [0.29, 0.717) is 18.0 Å². The molecule has 1 amide bonds. The molecule has 0 aromatic heterocycles. The standard InChI is InChI=1S/C15H28N2O2/c1-3-14-13(9-10-19-14)15(18)17(4-2)12-7-5-11(16)6-8-12/h11-14H,3-10,16H2,1-2H3. The van der Waals surface area contributed by atoms with E-state index in [1.165, 1.54) is 0 Å². The van der Waals surface area contributed by atoms with Crippen LogP contribution in [0.2, 0.25) is 0 Å². The van der Waals surface area contributed by atoms with Crippen molar-refractivity contribution in [3.8, 4) is 0 Å². The maximum absolute atomic E-state index is 12.7. The van der Waals surface area contributed by atoms with Crippen LogP contribution >= 0.6 is 0 Å². The van der Waals surface area contributed by atoms with Crippen molar-refractivity contribution in [2.24, 2.45) is 11.7 Å². The quantitative estimate of drug-likeness (QED) is 0.847. The van der Waals surface area contributed by atoms with Gasteiger partial charge in [-0.15, -0.1) is 0 Å². The predicted octanol–water partition coefficient (Wildman–Crippen LogP) is 1.92. The van der Waals surface area contributed by atoms with E-state index in [1.807, 2.05) is 0 Å². The Morgan fingerprint density at radius 2 is 1.89 bits per heavy atom. The second-order valence-electron chi connectivity index (χ2n) is 5.91. The van der Waals surface area contributed by atoms with E-state index in [4.69, 9.17) is 10.5 Å². The summed E-state index contributed by atoms with van der Waals surface area (Å²) in [5.41, 5.74) is 5.96. The number of amides is 1. The number of rotatable bonds is 4. The lowest BCUT2D eigenvalue weighted by Gasteiger charge is -2.37. The summed E-state index contributed by atoms with van der Waals surface area (Å²) in [5.74, 6) is 0.396. The molecule has 1 heterocycles. The van der Waals surface area contributed by atoms with Gasteiger partial charge in [0.25, 0.3) is 0 Å². The summed E-state index contributed by atoms with van der Waals surface area (Å²) >= 11 is 0. The van der Waals surface area contributed by atoms with Crippen LogP contribution in [-0.2, 0) is 9.53 Å². The van der Waals surface area contributed by atoms with Gasteiger partial charge in [-0.2, -0.15) is 0 Å². The van der Waals surface area contributed by atoms with E-state index in [-0.39, 0.29) is 12.0 Å². The molecule has 0 aromatic carbocycles. The molecule has 1 aliphatic heterocycles. The molecule has 19 heavy (non-hydrogen) atoms. The van der Waals surface area contributed by atoms with Crippen LogP contribution in [0.4, 0.5) is 0 Å². The molecule has 0 radical (unpaired) electrons. The van der Waals surface area contributed by atoms with Crippen LogP contribution in [-0.4, -0.2) is 42.1 Å². The van der Waals surface area contributed by atoms with Crippen LogP contribution in [0.15, 0.2) is 0 Å². The SMILES string of the molecule is CCC1OCCC1C(=O)N(CC)C1CCC(N)CC1. The number of hydrogen-bond donors (Lipinski definition) is 1. The molecule has 4 nitrogen and oxygen atoms in total. The molecule has 1 saturated heterocycles. The van der Waals surface area contributed by atoms with Crippen LogP contribution < -0.4 is 5.73 Å². The molecule has 0 bridgehead atoms. The first kappa shape index (κ1) is 14.8. The summed E-state index contributed by atoms with van der Waals surface area (Å²) in [5, 5.41) is 0. The third-order valence-electron chi connectivity index (χ3n) is 4.74. The van der Waals surface area contributed by atoms with Crippen LogP contribution in [0.25, 0.3) is 0 Å². The van der Waals surface area contributed by atoms with Crippen molar-refractivity contribution in [1.29, 1.82) is 0 Å². The Hall–Kier alpha value is -0.610. The summed E-state index contributed by atoms with van der Waals surface area (Å²) in [6.45, 7) is 5.74. The monoisotopic (exact) mass is 268 g/mol. The van der Waals surface area contributed by atoms with Crippen molar-refractivity contribution in [2.75, 3.05) is 13.2 Å². The van der Waals surface area contributed by atoms with Gasteiger partial charge in [-0.1, -0.05) is 6.92 Å². The maximum atomic E-state index is 12.7. The molecule has 2 aliphatic rings. The third kappa shape index (κ3) is 3.29. The van der Waals surface area contributed by atoms with Crippen molar-refractivity contribution in [3.63, 3.8) is 0 Å². The minimum atomic E-state index is 0.0838. The van der Waals surface area contributed by atoms with Gasteiger partial charge in [0.15, 0.2) is 0 Å². The van der Waals surface area contributed by atoms with Crippen molar-refractivity contribution >= 4 is 5.91 Å². The molecule has 2 atom stereocenters. The van der Waals surface area contributed by atoms with Crippen LogP contribution in [0.5, 0.6) is 0 Å². The summed E-state index contributed by atoms with van der Waals surface area (Å²) in [6, 6.07) is 0.735. The summed E-state index contributed by atoms with van der Waals surface area (Å²) in [4.78, 5) is 14.8. The van der Waals surface area contributed by atoms with Gasteiger partial charge >= 0.3 is 0 Å². The predicted molar refractivity (Wildman–Crippen MR) is 75.8 cm³/mol. The zero-order valence-corrected chi connectivity index (χ0v) is 12.3. The molecule has 1 saturated carbocycles. The largest absolute Gasteiger partial charge is 0.377 e. The van der Waals surface area contributed by atoms with Gasteiger partial charge in [-0.05, 0) is 45.4 Å². The Morgan fingerprint density at radius 3 is 2.47 bits per heavy atom. The Bertz CT molecular complexity index is 301. The van der Waals surface area contributed by atoms with Gasteiger partial charge < -0.3 is 15.4 Å². The van der Waals surface area contributed by atoms with Gasteiger partial charge in [0, 0.05) is 25.2 Å². The first-order valence-corrected chi connectivity index (χ1v) is 7.85. The van der Waals surface area contributed by atoms with Crippen molar-refractivity contribution in [1.82, 2.24) is 4.90 Å². The van der Waals surface area contributed by atoms with E-state index in [1.54, 1.807) is 0 Å². The Morgan fingerprint density at radius 1 is 1.21 bits per heavy atom. The van der Waals surface area contributed by atoms with Crippen molar-refractivity contribution in [3.05, 3.63) is 0 Å². The Labute approximate surface area is 116 Å². The number of ether oxygens (including phenoxy) is 1. The van der Waals surface area contributed by atoms with E-state index in [2.05, 4.69) is 18.7 Å². The van der Waals surface area contributed by atoms with Gasteiger partial charge in [0.2, 0.25) is 5.91 Å². The fraction of sp³-hybridized carbons (Fsp3) is 0.933. The number of nitrogens with two attached hydrogens (primary N) is 1. The Balaban J connectivity index is 1.98. The highest BCUT2D eigenvalue weighted by atomic mass is 16.5. The molecule has 110 valence electrons. The lowest BCUT2D eigenvalue weighted by atomic mass is 9.89. The number of hydrogen-bond acceptors (Lipinski definition) is 3. The van der Waals surface area contributed by atoms with Crippen LogP contribution in [0, 0.1) is 5.92 Å². The van der Waals surface area contributed by atoms with Crippen LogP contribution in [0.1, 0.15) is 52.4 Å². The lowest BCUT2D eigenvalue weighted by molar-refractivity contribution is -0.140. The average molecular weight is 268 g/mol. The molecule has 2 N–H and O–H groups in total. The molecule has 2 unspecified atom stereocenters. The highest BCUT2D eigenvalue weighted by Gasteiger charge is 2.37. The summed E-state index contributed by atoms with van der Waals surface area (Å²) in [6.07, 6.45) is 6.17. The van der Waals surface area contributed by atoms with E-state index < -0.39 is 0 Å². The molecule has 0 spiro atoms. The summed E-state index contributed by atoms with van der Waals surface area (Å²) in [7, 11) is 0. The molecule has 2 fully saturated rings.